The van der Waals surface area contributed by atoms with E-state index in [1.807, 2.05) is 0 Å². The van der Waals surface area contributed by atoms with Crippen molar-refractivity contribution in [1.29, 1.82) is 0 Å². The van der Waals surface area contributed by atoms with Gasteiger partial charge in [0.1, 0.15) is 6.04 Å². The molecule has 7 nitrogen and oxygen atoms in total. The number of carboxylic acids is 1. The van der Waals surface area contributed by atoms with Crippen molar-refractivity contribution in [2.75, 3.05) is 0 Å². The van der Waals surface area contributed by atoms with Gasteiger partial charge in [0, 0.05) is 10.8 Å². The number of nitrogens with one attached hydrogen (secondary N) is 2. The van der Waals surface area contributed by atoms with Crippen molar-refractivity contribution in [3.05, 3.63) is 0 Å². The zero-order valence-electron chi connectivity index (χ0n) is 13.4. The summed E-state index contributed by atoms with van der Waals surface area (Å²) in [6.45, 7) is 9.78. The van der Waals surface area contributed by atoms with E-state index in [1.54, 1.807) is 41.5 Å². The fourth-order valence-electron chi connectivity index (χ4n) is 1.13. The molecule has 3 N–H and O–H groups in total. The SMILES string of the molecule is CC(C)(C)C(=O)NC(=O)C[C@@H](NC(=O)C(C)(C)C)C(=O)O. The van der Waals surface area contributed by atoms with Gasteiger partial charge >= 0.3 is 5.97 Å². The number of imide groups is 1. The molecule has 7 heteroatoms. The first-order valence-corrected chi connectivity index (χ1v) is 6.63. The highest BCUT2D eigenvalue weighted by Crippen LogP contribution is 2.14. The lowest BCUT2D eigenvalue weighted by Gasteiger charge is -2.22. The summed E-state index contributed by atoms with van der Waals surface area (Å²) in [4.78, 5) is 46.2. The average Bonchev–Trinajstić information content (AvgIpc) is 2.24. The molecule has 0 aromatic heterocycles. The highest BCUT2D eigenvalue weighted by molar-refractivity contribution is 5.99. The lowest BCUT2D eigenvalue weighted by molar-refractivity contribution is -0.145. The zero-order valence-corrected chi connectivity index (χ0v) is 13.4. The summed E-state index contributed by atoms with van der Waals surface area (Å²) < 4.78 is 0. The first kappa shape index (κ1) is 19.1. The van der Waals surface area contributed by atoms with Crippen LogP contribution in [0.15, 0.2) is 0 Å². The van der Waals surface area contributed by atoms with Crippen LogP contribution in [0.2, 0.25) is 0 Å². The van der Waals surface area contributed by atoms with E-state index in [-0.39, 0.29) is 0 Å². The second-order valence-electron chi connectivity index (χ2n) is 6.95. The lowest BCUT2D eigenvalue weighted by Crippen LogP contribution is -2.49. The Morgan fingerprint density at radius 1 is 0.905 bits per heavy atom. The van der Waals surface area contributed by atoms with Crippen LogP contribution in [-0.2, 0) is 19.2 Å². The quantitative estimate of drug-likeness (QED) is 0.706. The first-order chi connectivity index (χ1) is 9.25. The smallest absolute Gasteiger partial charge is 0.326 e. The number of carbonyl (C=O) groups is 4. The van der Waals surface area contributed by atoms with Crippen LogP contribution in [0.3, 0.4) is 0 Å². The van der Waals surface area contributed by atoms with E-state index in [2.05, 4.69) is 10.6 Å². The van der Waals surface area contributed by atoms with Gasteiger partial charge in [-0.1, -0.05) is 41.5 Å². The van der Waals surface area contributed by atoms with Crippen molar-refractivity contribution in [3.8, 4) is 0 Å². The van der Waals surface area contributed by atoms with Crippen molar-refractivity contribution in [2.45, 2.75) is 54.0 Å². The monoisotopic (exact) mass is 300 g/mol. The normalized spacial score (nSPS) is 13.2. The van der Waals surface area contributed by atoms with Crippen molar-refractivity contribution in [2.24, 2.45) is 10.8 Å². The summed E-state index contributed by atoms with van der Waals surface area (Å²) in [6, 6.07) is -1.37. The van der Waals surface area contributed by atoms with Gasteiger partial charge in [0.25, 0.3) is 0 Å². The molecule has 0 heterocycles. The molecule has 0 aliphatic heterocycles. The number of carboxylic acid groups (broad SMARTS) is 1. The van der Waals surface area contributed by atoms with Gasteiger partial charge in [-0.2, -0.15) is 0 Å². The maximum absolute atomic E-state index is 11.8. The molecule has 1 atom stereocenters. The fourth-order valence-corrected chi connectivity index (χ4v) is 1.13. The van der Waals surface area contributed by atoms with Crippen LogP contribution < -0.4 is 10.6 Å². The van der Waals surface area contributed by atoms with E-state index < -0.39 is 47.0 Å². The summed E-state index contributed by atoms with van der Waals surface area (Å²) in [5.74, 6) is -3.05. The van der Waals surface area contributed by atoms with Gasteiger partial charge < -0.3 is 10.4 Å². The molecule has 0 saturated carbocycles. The number of rotatable bonds is 4. The minimum Gasteiger partial charge on any atom is -0.480 e. The first-order valence-electron chi connectivity index (χ1n) is 6.63. The van der Waals surface area contributed by atoms with E-state index in [9.17, 15) is 19.2 Å². The Morgan fingerprint density at radius 3 is 1.67 bits per heavy atom. The third-order valence-electron chi connectivity index (χ3n) is 2.61. The molecule has 0 radical (unpaired) electrons. The number of carbonyl (C=O) groups excluding carboxylic acids is 3. The molecule has 21 heavy (non-hydrogen) atoms. The van der Waals surface area contributed by atoms with Crippen LogP contribution >= 0.6 is 0 Å². The Morgan fingerprint density at radius 2 is 1.33 bits per heavy atom. The second-order valence-corrected chi connectivity index (χ2v) is 6.95. The van der Waals surface area contributed by atoms with Crippen LogP contribution in [0, 0.1) is 10.8 Å². The lowest BCUT2D eigenvalue weighted by atomic mass is 9.94. The van der Waals surface area contributed by atoms with Crippen LogP contribution in [0.5, 0.6) is 0 Å². The average molecular weight is 300 g/mol. The molecule has 3 amide bonds. The highest BCUT2D eigenvalue weighted by atomic mass is 16.4. The van der Waals surface area contributed by atoms with Gasteiger partial charge in [-0.15, -0.1) is 0 Å². The van der Waals surface area contributed by atoms with E-state index in [1.165, 1.54) is 0 Å². The molecule has 0 bridgehead atoms. The van der Waals surface area contributed by atoms with Crippen LogP contribution in [-0.4, -0.2) is 34.8 Å². The molecule has 0 rings (SSSR count). The molecular weight excluding hydrogens is 276 g/mol. The molecule has 0 fully saturated rings. The van der Waals surface area contributed by atoms with Gasteiger partial charge in [-0.05, 0) is 0 Å². The maximum atomic E-state index is 11.8. The Kier molecular flexibility index (Phi) is 6.08. The molecule has 0 aromatic carbocycles. The topological polar surface area (TPSA) is 113 Å². The molecule has 0 unspecified atom stereocenters. The summed E-state index contributed by atoms with van der Waals surface area (Å²) >= 11 is 0. The van der Waals surface area contributed by atoms with Crippen molar-refractivity contribution >= 4 is 23.7 Å². The number of amides is 3. The minimum atomic E-state index is -1.37. The van der Waals surface area contributed by atoms with Crippen molar-refractivity contribution < 1.29 is 24.3 Å². The van der Waals surface area contributed by atoms with Gasteiger partial charge in [-0.25, -0.2) is 4.79 Å². The predicted molar refractivity (Wildman–Crippen MR) is 76.2 cm³/mol. The maximum Gasteiger partial charge on any atom is 0.326 e. The molecule has 0 saturated heterocycles. The summed E-state index contributed by atoms with van der Waals surface area (Å²) in [5, 5.41) is 13.5. The number of hydrogen-bond donors (Lipinski definition) is 3. The largest absolute Gasteiger partial charge is 0.480 e. The Hall–Kier alpha value is -1.92. The number of aliphatic carboxylic acids is 1. The molecule has 0 aliphatic carbocycles. The van der Waals surface area contributed by atoms with Crippen molar-refractivity contribution in [3.63, 3.8) is 0 Å². The molecule has 0 spiro atoms. The van der Waals surface area contributed by atoms with E-state index in [0.717, 1.165) is 0 Å². The predicted octanol–water partition coefficient (Wildman–Crippen LogP) is 0.681. The third-order valence-corrected chi connectivity index (χ3v) is 2.61. The summed E-state index contributed by atoms with van der Waals surface area (Å²) in [6.07, 6.45) is -0.501. The Balaban J connectivity index is 4.74. The van der Waals surface area contributed by atoms with Crippen LogP contribution in [0.25, 0.3) is 0 Å². The Bertz CT molecular complexity index is 443. The fraction of sp³-hybridized carbons (Fsp3) is 0.714. The second kappa shape index (κ2) is 6.69. The van der Waals surface area contributed by atoms with Crippen LogP contribution in [0.1, 0.15) is 48.0 Å². The van der Waals surface area contributed by atoms with Gasteiger partial charge in [-0.3, -0.25) is 19.7 Å². The molecule has 0 aliphatic rings. The van der Waals surface area contributed by atoms with Gasteiger partial charge in [0.05, 0.1) is 6.42 Å². The minimum absolute atomic E-state index is 0.482. The summed E-state index contributed by atoms with van der Waals surface area (Å²) in [7, 11) is 0. The highest BCUT2D eigenvalue weighted by Gasteiger charge is 2.30. The standard InChI is InChI=1S/C14H24N2O5/c1-13(2,3)11(20)15-8(10(18)19)7-9(17)16-12(21)14(4,5)6/h8H,7H2,1-6H3,(H,15,20)(H,18,19)(H,16,17,21)/t8-/m1/s1. The third kappa shape index (κ3) is 6.87. The Labute approximate surface area is 124 Å². The van der Waals surface area contributed by atoms with Gasteiger partial charge in [0.2, 0.25) is 17.7 Å². The van der Waals surface area contributed by atoms with Crippen molar-refractivity contribution in [1.82, 2.24) is 10.6 Å². The molecule has 120 valence electrons. The zero-order chi connectivity index (χ0) is 17.0. The number of hydrogen-bond acceptors (Lipinski definition) is 4. The van der Waals surface area contributed by atoms with Gasteiger partial charge in [0.15, 0.2) is 0 Å². The van der Waals surface area contributed by atoms with E-state index in [0.29, 0.717) is 0 Å². The summed E-state index contributed by atoms with van der Waals surface area (Å²) in [5.41, 5.74) is -1.53. The molecular formula is C14H24N2O5. The van der Waals surface area contributed by atoms with E-state index >= 15 is 0 Å². The molecule has 0 aromatic rings. The van der Waals surface area contributed by atoms with Crippen LogP contribution in [0.4, 0.5) is 0 Å². The van der Waals surface area contributed by atoms with E-state index in [4.69, 9.17) is 5.11 Å².